The van der Waals surface area contributed by atoms with Gasteiger partial charge in [0, 0.05) is 16.8 Å². The second kappa shape index (κ2) is 4.24. The maximum Gasteiger partial charge on any atom is 0.193 e. The number of carbonyl (C=O) groups excluding carboxylic acids is 1. The fourth-order valence-electron chi connectivity index (χ4n) is 2.08. The van der Waals surface area contributed by atoms with E-state index in [4.69, 9.17) is 5.73 Å². The van der Waals surface area contributed by atoms with Gasteiger partial charge in [0.25, 0.3) is 0 Å². The van der Waals surface area contributed by atoms with Gasteiger partial charge in [0.2, 0.25) is 0 Å². The summed E-state index contributed by atoms with van der Waals surface area (Å²) in [4.78, 5) is 19.8. The molecule has 3 rings (SSSR count). The monoisotopic (exact) mass is 251 g/mol. The normalized spacial score (nSPS) is 10.8. The van der Waals surface area contributed by atoms with E-state index in [0.717, 1.165) is 16.9 Å². The van der Waals surface area contributed by atoms with Crippen LogP contribution in [-0.2, 0) is 0 Å². The van der Waals surface area contributed by atoms with Gasteiger partial charge >= 0.3 is 0 Å². The van der Waals surface area contributed by atoms with Gasteiger partial charge in [-0.25, -0.2) is 4.98 Å². The molecule has 0 saturated heterocycles. The minimum atomic E-state index is -0.0193. The summed E-state index contributed by atoms with van der Waals surface area (Å²) in [6, 6.07) is 12.4. The van der Waals surface area contributed by atoms with E-state index < -0.39 is 0 Å². The summed E-state index contributed by atoms with van der Waals surface area (Å²) in [7, 11) is 0. The number of nitrogen functional groups attached to an aromatic ring is 1. The van der Waals surface area contributed by atoms with Crippen LogP contribution < -0.4 is 5.73 Å². The number of hydrogen-bond donors (Lipinski definition) is 2. The van der Waals surface area contributed by atoms with Crippen LogP contribution in [-0.4, -0.2) is 15.8 Å². The molecule has 0 aliphatic heterocycles. The van der Waals surface area contributed by atoms with Crippen LogP contribution in [0.2, 0.25) is 0 Å². The first-order chi connectivity index (χ1) is 9.13. The van der Waals surface area contributed by atoms with E-state index in [-0.39, 0.29) is 5.78 Å². The number of nitrogens with zero attached hydrogens (tertiary/aromatic N) is 1. The highest BCUT2D eigenvalue weighted by Gasteiger charge is 2.10. The lowest BCUT2D eigenvalue weighted by Crippen LogP contribution is -2.01. The first-order valence-electron chi connectivity index (χ1n) is 6.00. The molecule has 0 aliphatic rings. The van der Waals surface area contributed by atoms with Crippen molar-refractivity contribution in [1.82, 2.24) is 9.97 Å². The molecule has 4 heteroatoms. The number of aryl methyl sites for hydroxylation is 1. The van der Waals surface area contributed by atoms with Gasteiger partial charge in [-0.15, -0.1) is 0 Å². The molecule has 0 spiro atoms. The van der Waals surface area contributed by atoms with Crippen molar-refractivity contribution in [3.05, 3.63) is 59.4 Å². The smallest absolute Gasteiger partial charge is 0.193 e. The third-order valence-corrected chi connectivity index (χ3v) is 3.04. The largest absolute Gasteiger partial charge is 0.399 e. The molecule has 0 unspecified atom stereocenters. The van der Waals surface area contributed by atoms with E-state index in [1.807, 2.05) is 19.1 Å². The highest BCUT2D eigenvalue weighted by molar-refractivity contribution is 6.10. The van der Waals surface area contributed by atoms with Crippen LogP contribution in [0.5, 0.6) is 0 Å². The number of rotatable bonds is 2. The van der Waals surface area contributed by atoms with E-state index in [0.29, 0.717) is 16.8 Å². The Hall–Kier alpha value is -2.62. The Kier molecular flexibility index (Phi) is 2.56. The zero-order chi connectivity index (χ0) is 13.4. The number of nitrogens with one attached hydrogen (secondary N) is 1. The van der Waals surface area contributed by atoms with Gasteiger partial charge in [0.05, 0.1) is 11.0 Å². The first kappa shape index (κ1) is 11.5. The quantitative estimate of drug-likeness (QED) is 0.543. The summed E-state index contributed by atoms with van der Waals surface area (Å²) >= 11 is 0. The van der Waals surface area contributed by atoms with Crippen molar-refractivity contribution in [2.24, 2.45) is 0 Å². The summed E-state index contributed by atoms with van der Waals surface area (Å²) < 4.78 is 0. The fraction of sp³-hybridized carbons (Fsp3) is 0.0667. The molecular formula is C15H13N3O. The van der Waals surface area contributed by atoms with E-state index in [2.05, 4.69) is 9.97 Å². The SMILES string of the molecule is Cc1nc2ccc(C(=O)c3ccc(N)cc3)cc2[nH]1. The number of fused-ring (bicyclic) bond motifs is 1. The molecule has 0 bridgehead atoms. The molecule has 0 saturated carbocycles. The topological polar surface area (TPSA) is 71.8 Å². The lowest BCUT2D eigenvalue weighted by Gasteiger charge is -2.02. The molecule has 1 aromatic heterocycles. The van der Waals surface area contributed by atoms with Crippen LogP contribution >= 0.6 is 0 Å². The number of ketones is 1. The molecule has 0 atom stereocenters. The Morgan fingerprint density at radius 2 is 1.79 bits per heavy atom. The molecule has 3 N–H and O–H groups in total. The Balaban J connectivity index is 2.03. The lowest BCUT2D eigenvalue weighted by atomic mass is 10.0. The van der Waals surface area contributed by atoms with Gasteiger partial charge in [-0.05, 0) is 49.4 Å². The van der Waals surface area contributed by atoms with E-state index >= 15 is 0 Å². The molecule has 3 aromatic rings. The molecular weight excluding hydrogens is 238 g/mol. The average Bonchev–Trinajstić information content (AvgIpc) is 2.77. The van der Waals surface area contributed by atoms with Crippen molar-refractivity contribution in [3.63, 3.8) is 0 Å². The van der Waals surface area contributed by atoms with Crippen LogP contribution in [0.25, 0.3) is 11.0 Å². The van der Waals surface area contributed by atoms with Gasteiger partial charge in [-0.2, -0.15) is 0 Å². The predicted octanol–water partition coefficient (Wildman–Crippen LogP) is 2.68. The van der Waals surface area contributed by atoms with Crippen LogP contribution in [0.3, 0.4) is 0 Å². The van der Waals surface area contributed by atoms with Gasteiger partial charge in [0.15, 0.2) is 5.78 Å². The fourth-order valence-corrected chi connectivity index (χ4v) is 2.08. The van der Waals surface area contributed by atoms with Crippen molar-refractivity contribution in [2.45, 2.75) is 6.92 Å². The van der Waals surface area contributed by atoms with Crippen LogP contribution in [0.1, 0.15) is 21.7 Å². The molecule has 0 radical (unpaired) electrons. The summed E-state index contributed by atoms with van der Waals surface area (Å²) in [6.45, 7) is 1.89. The van der Waals surface area contributed by atoms with Crippen molar-refractivity contribution in [1.29, 1.82) is 0 Å². The third-order valence-electron chi connectivity index (χ3n) is 3.04. The van der Waals surface area contributed by atoms with E-state index in [1.54, 1.807) is 30.3 Å². The van der Waals surface area contributed by atoms with Gasteiger partial charge in [-0.3, -0.25) is 4.79 Å². The molecule has 0 amide bonds. The van der Waals surface area contributed by atoms with Crippen molar-refractivity contribution < 1.29 is 4.79 Å². The van der Waals surface area contributed by atoms with Gasteiger partial charge in [-0.1, -0.05) is 0 Å². The highest BCUT2D eigenvalue weighted by Crippen LogP contribution is 2.17. The van der Waals surface area contributed by atoms with Crippen LogP contribution in [0.4, 0.5) is 5.69 Å². The molecule has 2 aromatic carbocycles. The molecule has 1 heterocycles. The summed E-state index contributed by atoms with van der Waals surface area (Å²) in [5, 5.41) is 0. The number of benzene rings is 2. The Morgan fingerprint density at radius 3 is 2.53 bits per heavy atom. The number of carbonyl (C=O) groups is 1. The summed E-state index contributed by atoms with van der Waals surface area (Å²) in [5.41, 5.74) is 9.28. The zero-order valence-electron chi connectivity index (χ0n) is 10.5. The Bertz CT molecular complexity index is 757. The average molecular weight is 251 g/mol. The lowest BCUT2D eigenvalue weighted by molar-refractivity contribution is 0.103. The number of imidazole rings is 1. The van der Waals surface area contributed by atoms with E-state index in [1.165, 1.54) is 0 Å². The molecule has 94 valence electrons. The van der Waals surface area contributed by atoms with Gasteiger partial charge in [0.1, 0.15) is 5.82 Å². The maximum atomic E-state index is 12.3. The summed E-state index contributed by atoms with van der Waals surface area (Å²) in [5.74, 6) is 0.821. The predicted molar refractivity (Wildman–Crippen MR) is 75.1 cm³/mol. The number of aromatic amines is 1. The van der Waals surface area contributed by atoms with Crippen molar-refractivity contribution in [2.75, 3.05) is 5.73 Å². The standard InChI is InChI=1S/C15H13N3O/c1-9-17-13-7-4-11(8-14(13)18-9)15(19)10-2-5-12(16)6-3-10/h2-8H,16H2,1H3,(H,17,18). The number of H-pyrrole nitrogens is 1. The molecule has 0 fully saturated rings. The molecule has 19 heavy (non-hydrogen) atoms. The first-order valence-corrected chi connectivity index (χ1v) is 6.00. The van der Waals surface area contributed by atoms with Crippen molar-refractivity contribution in [3.8, 4) is 0 Å². The van der Waals surface area contributed by atoms with Crippen LogP contribution in [0, 0.1) is 6.92 Å². The number of aromatic nitrogens is 2. The number of anilines is 1. The Morgan fingerprint density at radius 1 is 1.11 bits per heavy atom. The maximum absolute atomic E-state index is 12.3. The number of nitrogens with two attached hydrogens (primary N) is 1. The second-order valence-corrected chi connectivity index (χ2v) is 4.51. The Labute approximate surface area is 110 Å². The third kappa shape index (κ3) is 2.08. The van der Waals surface area contributed by atoms with Gasteiger partial charge < -0.3 is 10.7 Å². The van der Waals surface area contributed by atoms with Crippen molar-refractivity contribution >= 4 is 22.5 Å². The van der Waals surface area contributed by atoms with E-state index in [9.17, 15) is 4.79 Å². The molecule has 4 nitrogen and oxygen atoms in total. The number of hydrogen-bond acceptors (Lipinski definition) is 3. The minimum absolute atomic E-state index is 0.0193. The highest BCUT2D eigenvalue weighted by atomic mass is 16.1. The molecule has 0 aliphatic carbocycles. The summed E-state index contributed by atoms with van der Waals surface area (Å²) in [6.07, 6.45) is 0. The second-order valence-electron chi connectivity index (χ2n) is 4.51. The van der Waals surface area contributed by atoms with Crippen LogP contribution in [0.15, 0.2) is 42.5 Å². The zero-order valence-corrected chi connectivity index (χ0v) is 10.5. The minimum Gasteiger partial charge on any atom is -0.399 e.